The Labute approximate surface area is 185 Å². The van der Waals surface area contributed by atoms with Crippen LogP contribution >= 0.6 is 23.2 Å². The summed E-state index contributed by atoms with van der Waals surface area (Å²) in [6.07, 6.45) is -0.291. The molecule has 6 nitrogen and oxygen atoms in total. The maximum absolute atomic E-state index is 13.0. The van der Waals surface area contributed by atoms with Crippen LogP contribution in [0, 0.1) is 0 Å². The molecule has 1 unspecified atom stereocenters. The van der Waals surface area contributed by atoms with Crippen LogP contribution in [-0.4, -0.2) is 35.0 Å². The van der Waals surface area contributed by atoms with Gasteiger partial charge in [-0.3, -0.25) is 14.5 Å². The molecule has 3 rings (SSSR count). The molecule has 0 radical (unpaired) electrons. The van der Waals surface area contributed by atoms with Gasteiger partial charge in [0.25, 0.3) is 11.8 Å². The summed E-state index contributed by atoms with van der Waals surface area (Å²) in [7, 11) is 0. The smallest absolute Gasteiger partial charge is 0.407 e. The number of carbonyl (C=O) groups is 3. The molecule has 2 aromatic rings. The number of hydrogen-bond donors (Lipinski definition) is 1. The molecule has 1 heterocycles. The van der Waals surface area contributed by atoms with Gasteiger partial charge in [-0.25, -0.2) is 4.79 Å². The van der Waals surface area contributed by atoms with E-state index < -0.39 is 17.7 Å². The monoisotopic (exact) mass is 448 g/mol. The molecule has 2 aromatic carbocycles. The summed E-state index contributed by atoms with van der Waals surface area (Å²) < 4.78 is 5.24. The van der Waals surface area contributed by atoms with Gasteiger partial charge in [0.15, 0.2) is 0 Å². The number of halogens is 2. The second kappa shape index (κ2) is 8.66. The zero-order valence-electron chi connectivity index (χ0n) is 16.9. The summed E-state index contributed by atoms with van der Waals surface area (Å²) in [5.41, 5.74) is 0.723. The molecule has 0 saturated heterocycles. The van der Waals surface area contributed by atoms with Crippen LogP contribution in [0.15, 0.2) is 42.5 Å². The topological polar surface area (TPSA) is 75.7 Å². The van der Waals surface area contributed by atoms with Crippen LogP contribution in [0.4, 0.5) is 4.79 Å². The molecule has 0 spiro atoms. The first-order valence-corrected chi connectivity index (χ1v) is 10.2. The highest BCUT2D eigenvalue weighted by Gasteiger charge is 2.40. The van der Waals surface area contributed by atoms with Gasteiger partial charge < -0.3 is 10.1 Å². The minimum Gasteiger partial charge on any atom is -0.444 e. The van der Waals surface area contributed by atoms with Gasteiger partial charge in [0, 0.05) is 6.54 Å². The van der Waals surface area contributed by atoms with Crippen LogP contribution in [0.2, 0.25) is 10.0 Å². The fraction of sp³-hybridized carbons (Fsp3) is 0.318. The van der Waals surface area contributed by atoms with Crippen LogP contribution in [0.1, 0.15) is 59.5 Å². The first-order chi connectivity index (χ1) is 14.1. The lowest BCUT2D eigenvalue weighted by Gasteiger charge is -2.27. The molecular formula is C22H22Cl2N2O4. The van der Waals surface area contributed by atoms with Gasteiger partial charge >= 0.3 is 6.09 Å². The molecule has 30 heavy (non-hydrogen) atoms. The van der Waals surface area contributed by atoms with Crippen LogP contribution in [0.25, 0.3) is 0 Å². The fourth-order valence-electron chi connectivity index (χ4n) is 3.28. The summed E-state index contributed by atoms with van der Waals surface area (Å²) in [5.74, 6) is -0.770. The number of nitrogens with zero attached hydrogens (tertiary/aromatic N) is 1. The van der Waals surface area contributed by atoms with Crippen LogP contribution in [-0.2, 0) is 4.74 Å². The van der Waals surface area contributed by atoms with E-state index in [0.29, 0.717) is 26.7 Å². The summed E-state index contributed by atoms with van der Waals surface area (Å²) in [6, 6.07) is 11.0. The van der Waals surface area contributed by atoms with Crippen molar-refractivity contribution in [2.45, 2.75) is 38.8 Å². The highest BCUT2D eigenvalue weighted by molar-refractivity contribution is 6.42. The van der Waals surface area contributed by atoms with Gasteiger partial charge in [-0.15, -0.1) is 0 Å². The normalized spacial score (nSPS) is 14.5. The van der Waals surface area contributed by atoms with Crippen molar-refractivity contribution in [3.8, 4) is 0 Å². The van der Waals surface area contributed by atoms with E-state index in [-0.39, 0.29) is 24.8 Å². The van der Waals surface area contributed by atoms with Crippen molar-refractivity contribution in [1.29, 1.82) is 0 Å². The Morgan fingerprint density at radius 3 is 2.17 bits per heavy atom. The van der Waals surface area contributed by atoms with Gasteiger partial charge in [0.2, 0.25) is 0 Å². The zero-order valence-corrected chi connectivity index (χ0v) is 18.4. The molecule has 1 atom stereocenters. The Morgan fingerprint density at radius 1 is 1.03 bits per heavy atom. The van der Waals surface area contributed by atoms with Crippen LogP contribution in [0.5, 0.6) is 0 Å². The number of nitrogens with one attached hydrogen (secondary N) is 1. The Kier molecular flexibility index (Phi) is 6.38. The first-order valence-electron chi connectivity index (χ1n) is 9.47. The van der Waals surface area contributed by atoms with E-state index in [4.69, 9.17) is 27.9 Å². The predicted octanol–water partition coefficient (Wildman–Crippen LogP) is 5.25. The van der Waals surface area contributed by atoms with E-state index in [1.165, 1.54) is 4.90 Å². The maximum atomic E-state index is 13.0. The van der Waals surface area contributed by atoms with E-state index >= 15 is 0 Å². The molecule has 3 amide bonds. The van der Waals surface area contributed by atoms with Crippen molar-refractivity contribution in [2.24, 2.45) is 0 Å². The van der Waals surface area contributed by atoms with E-state index in [1.54, 1.807) is 63.2 Å². The number of imide groups is 1. The third-order valence-corrected chi connectivity index (χ3v) is 5.29. The molecular weight excluding hydrogens is 427 g/mol. The number of alkyl carbamates (subject to hydrolysis) is 1. The van der Waals surface area contributed by atoms with Crippen molar-refractivity contribution in [1.82, 2.24) is 10.2 Å². The highest BCUT2D eigenvalue weighted by atomic mass is 35.5. The van der Waals surface area contributed by atoms with Gasteiger partial charge in [0.1, 0.15) is 5.60 Å². The Bertz CT molecular complexity index is 966. The second-order valence-electron chi connectivity index (χ2n) is 7.93. The molecule has 0 bridgehead atoms. The zero-order chi connectivity index (χ0) is 22.1. The quantitative estimate of drug-likeness (QED) is 0.633. The van der Waals surface area contributed by atoms with Crippen molar-refractivity contribution in [3.63, 3.8) is 0 Å². The summed E-state index contributed by atoms with van der Waals surface area (Å²) in [5, 5.41) is 3.35. The molecule has 0 saturated carbocycles. The average Bonchev–Trinajstić information content (AvgIpc) is 2.91. The summed E-state index contributed by atoms with van der Waals surface area (Å²) in [4.78, 5) is 39.2. The van der Waals surface area contributed by atoms with Crippen LogP contribution in [0.3, 0.4) is 0 Å². The molecule has 1 aliphatic rings. The third kappa shape index (κ3) is 4.77. The minimum absolute atomic E-state index is 0.188. The van der Waals surface area contributed by atoms with Crippen molar-refractivity contribution < 1.29 is 19.1 Å². The van der Waals surface area contributed by atoms with Crippen LogP contribution < -0.4 is 5.32 Å². The molecule has 1 N–H and O–H groups in total. The molecule has 0 aliphatic carbocycles. The molecule has 0 aromatic heterocycles. The van der Waals surface area contributed by atoms with Crippen molar-refractivity contribution in [3.05, 3.63) is 69.2 Å². The number of fused-ring (bicyclic) bond motifs is 1. The van der Waals surface area contributed by atoms with Crippen molar-refractivity contribution >= 4 is 41.1 Å². The maximum Gasteiger partial charge on any atom is 0.407 e. The minimum atomic E-state index is -0.637. The number of ether oxygens (including phenoxy) is 1. The predicted molar refractivity (Wildman–Crippen MR) is 115 cm³/mol. The van der Waals surface area contributed by atoms with Gasteiger partial charge in [-0.1, -0.05) is 41.4 Å². The SMILES string of the molecule is CC(C)(C)OC(=O)NCCC(c1ccc(Cl)c(Cl)c1)N1C(=O)c2ccccc2C1=O. The van der Waals surface area contributed by atoms with Crippen molar-refractivity contribution in [2.75, 3.05) is 6.54 Å². The Hall–Kier alpha value is -2.57. The molecule has 1 aliphatic heterocycles. The first kappa shape index (κ1) is 22.1. The number of amides is 3. The molecule has 0 fully saturated rings. The Balaban J connectivity index is 1.86. The Morgan fingerprint density at radius 2 is 1.63 bits per heavy atom. The van der Waals surface area contributed by atoms with Gasteiger partial charge in [-0.05, 0) is 57.0 Å². The van der Waals surface area contributed by atoms with E-state index in [0.717, 1.165) is 0 Å². The average molecular weight is 449 g/mol. The lowest BCUT2D eigenvalue weighted by atomic mass is 10.0. The largest absolute Gasteiger partial charge is 0.444 e. The van der Waals surface area contributed by atoms with Gasteiger partial charge in [0.05, 0.1) is 27.2 Å². The third-order valence-electron chi connectivity index (χ3n) is 4.55. The summed E-state index contributed by atoms with van der Waals surface area (Å²) >= 11 is 12.2. The lowest BCUT2D eigenvalue weighted by molar-refractivity contribution is 0.0517. The molecule has 8 heteroatoms. The number of carbonyl (C=O) groups excluding carboxylic acids is 3. The molecule has 158 valence electrons. The number of rotatable bonds is 5. The summed E-state index contributed by atoms with van der Waals surface area (Å²) in [6.45, 7) is 5.49. The standard InChI is InChI=1S/C22H22Cl2N2O4/c1-22(2,3)30-21(29)25-11-10-18(13-8-9-16(23)17(24)12-13)26-19(27)14-6-4-5-7-15(14)20(26)28/h4-9,12,18H,10-11H2,1-3H3,(H,25,29). The number of benzene rings is 2. The van der Waals surface area contributed by atoms with E-state index in [2.05, 4.69) is 5.32 Å². The number of hydrogen-bond acceptors (Lipinski definition) is 4. The lowest BCUT2D eigenvalue weighted by Crippen LogP contribution is -2.38. The van der Waals surface area contributed by atoms with E-state index in [1.807, 2.05) is 0 Å². The fourth-order valence-corrected chi connectivity index (χ4v) is 3.59. The van der Waals surface area contributed by atoms with E-state index in [9.17, 15) is 14.4 Å². The highest BCUT2D eigenvalue weighted by Crippen LogP contribution is 2.35. The van der Waals surface area contributed by atoms with Gasteiger partial charge in [-0.2, -0.15) is 0 Å². The second-order valence-corrected chi connectivity index (χ2v) is 8.75.